The molecule has 2 N–H and O–H groups in total. The highest BCUT2D eigenvalue weighted by Crippen LogP contribution is 2.28. The van der Waals surface area contributed by atoms with E-state index < -0.39 is 52.0 Å². The summed E-state index contributed by atoms with van der Waals surface area (Å²) in [5.41, 5.74) is -2.59. The van der Waals surface area contributed by atoms with Crippen LogP contribution in [0.3, 0.4) is 0 Å². The molecule has 0 aliphatic rings. The van der Waals surface area contributed by atoms with E-state index in [1.807, 2.05) is 5.32 Å². The van der Waals surface area contributed by atoms with Crippen LogP contribution >= 0.6 is 0 Å². The number of rotatable bonds is 3. The molecule has 0 radical (unpaired) electrons. The predicted molar refractivity (Wildman–Crippen MR) is 62.9 cm³/mol. The zero-order valence-electron chi connectivity index (χ0n) is 10.1. The fourth-order valence-electron chi connectivity index (χ4n) is 1.60. The van der Waals surface area contributed by atoms with Crippen LogP contribution in [0.2, 0.25) is 0 Å². The summed E-state index contributed by atoms with van der Waals surface area (Å²) >= 11 is 0. The van der Waals surface area contributed by atoms with Crippen LogP contribution in [-0.4, -0.2) is 11.1 Å². The van der Waals surface area contributed by atoms with Gasteiger partial charge in [-0.25, -0.2) is 26.7 Å². The second-order valence-corrected chi connectivity index (χ2v) is 3.99. The average molecular weight is 303 g/mol. The molecule has 0 aliphatic heterocycles. The van der Waals surface area contributed by atoms with Gasteiger partial charge in [-0.15, -0.1) is 0 Å². The highest BCUT2D eigenvalue weighted by Gasteiger charge is 2.18. The van der Waals surface area contributed by atoms with Crippen LogP contribution in [-0.2, 0) is 0 Å². The molecular formula is C13H6F5NO2. The minimum absolute atomic E-state index is 0.326. The summed E-state index contributed by atoms with van der Waals surface area (Å²) in [6.07, 6.45) is 0. The fraction of sp³-hybridized carbons (Fsp3) is 0. The normalized spacial score (nSPS) is 10.5. The lowest BCUT2D eigenvalue weighted by Gasteiger charge is -2.11. The number of carboxylic acid groups (broad SMARTS) is 1. The summed E-state index contributed by atoms with van der Waals surface area (Å²) in [5, 5.41) is 10.4. The molecule has 0 aromatic heterocycles. The van der Waals surface area contributed by atoms with Gasteiger partial charge in [-0.3, -0.25) is 0 Å². The van der Waals surface area contributed by atoms with Crippen molar-refractivity contribution in [3.63, 3.8) is 0 Å². The quantitative estimate of drug-likeness (QED) is 0.847. The first kappa shape index (κ1) is 14.8. The van der Waals surface area contributed by atoms with Gasteiger partial charge in [0.1, 0.15) is 17.2 Å². The number of carbonyl (C=O) groups is 1. The number of aromatic carboxylic acids is 1. The maximum Gasteiger partial charge on any atom is 0.335 e. The highest BCUT2D eigenvalue weighted by atomic mass is 19.2. The summed E-state index contributed by atoms with van der Waals surface area (Å²) in [4.78, 5) is 10.6. The zero-order chi connectivity index (χ0) is 15.7. The summed E-state index contributed by atoms with van der Waals surface area (Å²) in [7, 11) is 0. The van der Waals surface area contributed by atoms with Crippen LogP contribution in [0.25, 0.3) is 0 Å². The Hall–Kier alpha value is -2.64. The third-order valence-electron chi connectivity index (χ3n) is 2.55. The second-order valence-electron chi connectivity index (χ2n) is 3.99. The topological polar surface area (TPSA) is 49.3 Å². The molecule has 110 valence electrons. The first-order valence-electron chi connectivity index (χ1n) is 5.43. The van der Waals surface area contributed by atoms with Crippen LogP contribution in [0.1, 0.15) is 10.4 Å². The highest BCUT2D eigenvalue weighted by molar-refractivity contribution is 5.88. The van der Waals surface area contributed by atoms with E-state index in [1.54, 1.807) is 0 Å². The lowest BCUT2D eigenvalue weighted by molar-refractivity contribution is 0.0696. The van der Waals surface area contributed by atoms with Crippen molar-refractivity contribution in [2.45, 2.75) is 0 Å². The molecule has 2 rings (SSSR count). The van der Waals surface area contributed by atoms with Crippen molar-refractivity contribution in [2.75, 3.05) is 5.32 Å². The number of anilines is 2. The van der Waals surface area contributed by atoms with E-state index in [9.17, 15) is 26.7 Å². The lowest BCUT2D eigenvalue weighted by atomic mass is 10.1. The molecule has 0 saturated heterocycles. The van der Waals surface area contributed by atoms with Gasteiger partial charge >= 0.3 is 5.97 Å². The molecule has 0 heterocycles. The van der Waals surface area contributed by atoms with Gasteiger partial charge < -0.3 is 10.4 Å². The minimum Gasteiger partial charge on any atom is -0.478 e. The maximum absolute atomic E-state index is 13.6. The van der Waals surface area contributed by atoms with Crippen LogP contribution in [0.15, 0.2) is 24.3 Å². The molecule has 2 aromatic rings. The summed E-state index contributed by atoms with van der Waals surface area (Å²) in [6, 6.07) is 1.61. The molecule has 21 heavy (non-hydrogen) atoms. The Morgan fingerprint density at radius 3 is 1.57 bits per heavy atom. The Balaban J connectivity index is 2.48. The number of benzene rings is 2. The van der Waals surface area contributed by atoms with Crippen molar-refractivity contribution in [3.8, 4) is 0 Å². The minimum atomic E-state index is -1.57. The number of carboxylic acids is 1. The molecule has 0 bridgehead atoms. The van der Waals surface area contributed by atoms with Gasteiger partial charge in [0.2, 0.25) is 0 Å². The van der Waals surface area contributed by atoms with Gasteiger partial charge in [0.05, 0.1) is 5.56 Å². The first-order valence-corrected chi connectivity index (χ1v) is 5.43. The standard InChI is InChI=1S/C13H6F5NO2/c14-6-3-9(17)12(10(18)4-6)19-11-7(15)1-5(13(20)21)2-8(11)16/h1-4,19H,(H,20,21). The molecule has 0 spiro atoms. The average Bonchev–Trinajstić information content (AvgIpc) is 2.35. The molecule has 0 saturated carbocycles. The van der Waals surface area contributed by atoms with E-state index >= 15 is 0 Å². The Labute approximate surface area is 114 Å². The van der Waals surface area contributed by atoms with Crippen LogP contribution in [0, 0.1) is 29.1 Å². The van der Waals surface area contributed by atoms with Crippen molar-refractivity contribution in [3.05, 3.63) is 58.9 Å². The number of nitrogens with one attached hydrogen (secondary N) is 1. The van der Waals surface area contributed by atoms with Crippen molar-refractivity contribution < 1.29 is 31.9 Å². The molecule has 0 unspecified atom stereocenters. The van der Waals surface area contributed by atoms with Crippen LogP contribution in [0.4, 0.5) is 33.3 Å². The van der Waals surface area contributed by atoms with Gasteiger partial charge in [0, 0.05) is 12.1 Å². The molecule has 0 aliphatic carbocycles. The van der Waals surface area contributed by atoms with Gasteiger partial charge in [-0.1, -0.05) is 0 Å². The van der Waals surface area contributed by atoms with Gasteiger partial charge in [-0.05, 0) is 12.1 Å². The first-order chi connectivity index (χ1) is 9.79. The maximum atomic E-state index is 13.6. The van der Waals surface area contributed by atoms with E-state index in [2.05, 4.69) is 0 Å². The van der Waals surface area contributed by atoms with E-state index in [1.165, 1.54) is 0 Å². The van der Waals surface area contributed by atoms with Crippen molar-refractivity contribution in [1.29, 1.82) is 0 Å². The van der Waals surface area contributed by atoms with Crippen molar-refractivity contribution in [1.82, 2.24) is 0 Å². The Morgan fingerprint density at radius 2 is 1.19 bits per heavy atom. The molecule has 3 nitrogen and oxygen atoms in total. The van der Waals surface area contributed by atoms with Gasteiger partial charge in [0.25, 0.3) is 0 Å². The smallest absolute Gasteiger partial charge is 0.335 e. The van der Waals surface area contributed by atoms with E-state index in [-0.39, 0.29) is 0 Å². The Kier molecular flexibility index (Phi) is 3.79. The van der Waals surface area contributed by atoms with E-state index in [0.29, 0.717) is 24.3 Å². The third-order valence-corrected chi connectivity index (χ3v) is 2.55. The molecule has 0 fully saturated rings. The summed E-state index contributed by atoms with van der Waals surface area (Å²) < 4.78 is 66.7. The van der Waals surface area contributed by atoms with Crippen molar-refractivity contribution in [2.24, 2.45) is 0 Å². The Morgan fingerprint density at radius 1 is 0.810 bits per heavy atom. The molecule has 2 aromatic carbocycles. The largest absolute Gasteiger partial charge is 0.478 e. The third kappa shape index (κ3) is 2.93. The molecule has 0 amide bonds. The van der Waals surface area contributed by atoms with Crippen molar-refractivity contribution >= 4 is 17.3 Å². The van der Waals surface area contributed by atoms with Crippen LogP contribution in [0.5, 0.6) is 0 Å². The fourth-order valence-corrected chi connectivity index (χ4v) is 1.60. The lowest BCUT2D eigenvalue weighted by Crippen LogP contribution is -2.05. The zero-order valence-corrected chi connectivity index (χ0v) is 10.1. The van der Waals surface area contributed by atoms with E-state index in [4.69, 9.17) is 5.11 Å². The van der Waals surface area contributed by atoms with Gasteiger partial charge in [0.15, 0.2) is 23.3 Å². The molecular weight excluding hydrogens is 297 g/mol. The monoisotopic (exact) mass is 303 g/mol. The number of halogens is 5. The predicted octanol–water partition coefficient (Wildman–Crippen LogP) is 3.82. The Bertz CT molecular complexity index is 686. The summed E-state index contributed by atoms with van der Waals surface area (Å²) in [6.45, 7) is 0. The molecule has 8 heteroatoms. The second kappa shape index (κ2) is 5.39. The van der Waals surface area contributed by atoms with Crippen LogP contribution < -0.4 is 5.32 Å². The number of hydrogen-bond acceptors (Lipinski definition) is 2. The van der Waals surface area contributed by atoms with Gasteiger partial charge in [-0.2, -0.15) is 0 Å². The van der Waals surface area contributed by atoms with E-state index in [0.717, 1.165) is 0 Å². The SMILES string of the molecule is O=C(O)c1cc(F)c(Nc2c(F)cc(F)cc2F)c(F)c1. The number of hydrogen-bond donors (Lipinski definition) is 2. The summed E-state index contributed by atoms with van der Waals surface area (Å²) in [5.74, 6) is -8.29. The molecule has 0 atom stereocenters.